The molecule has 1 aliphatic rings. The largest absolute Gasteiger partial charge is 0.462 e. The summed E-state index contributed by atoms with van der Waals surface area (Å²) >= 11 is 0. The van der Waals surface area contributed by atoms with E-state index in [1.165, 1.54) is 10.1 Å². The van der Waals surface area contributed by atoms with Crippen LogP contribution in [0.4, 0.5) is 10.5 Å². The number of fused-ring (bicyclic) bond motifs is 1. The molecule has 0 unspecified atom stereocenters. The molecule has 0 bridgehead atoms. The minimum absolute atomic E-state index is 0.243. The molecule has 32 heavy (non-hydrogen) atoms. The van der Waals surface area contributed by atoms with Crippen LogP contribution in [-0.4, -0.2) is 68.8 Å². The zero-order chi connectivity index (χ0) is 22.2. The molecule has 8 heteroatoms. The van der Waals surface area contributed by atoms with Crippen molar-refractivity contribution in [3.05, 3.63) is 54.1 Å². The van der Waals surface area contributed by atoms with Crippen molar-refractivity contribution in [1.29, 1.82) is 0 Å². The van der Waals surface area contributed by atoms with Crippen molar-refractivity contribution in [3.63, 3.8) is 0 Å². The molecule has 3 aromatic rings. The van der Waals surface area contributed by atoms with Crippen molar-refractivity contribution in [2.45, 2.75) is 12.8 Å². The summed E-state index contributed by atoms with van der Waals surface area (Å²) in [6.07, 6.45) is 1.76. The van der Waals surface area contributed by atoms with Crippen LogP contribution in [0.5, 0.6) is 6.01 Å². The van der Waals surface area contributed by atoms with E-state index in [0.29, 0.717) is 33.0 Å². The van der Waals surface area contributed by atoms with E-state index in [9.17, 15) is 4.79 Å². The van der Waals surface area contributed by atoms with Crippen LogP contribution >= 0.6 is 0 Å². The van der Waals surface area contributed by atoms with Gasteiger partial charge in [0.05, 0.1) is 30.9 Å². The number of aryl methyl sites for hydroxylation is 1. The van der Waals surface area contributed by atoms with Crippen molar-refractivity contribution < 1.29 is 19.0 Å². The summed E-state index contributed by atoms with van der Waals surface area (Å²) in [6.45, 7) is 4.40. The number of carbonyl (C=O) groups excluding carboxylic acids is 1. The number of imidazole rings is 1. The number of rotatable bonds is 9. The number of methoxy groups -OCH3 is 1. The molecule has 0 saturated carbocycles. The Morgan fingerprint density at radius 1 is 1.12 bits per heavy atom. The van der Waals surface area contributed by atoms with E-state index in [2.05, 4.69) is 27.3 Å². The molecule has 2 aromatic carbocycles. The number of hydrogen-bond donors (Lipinski definition) is 1. The summed E-state index contributed by atoms with van der Waals surface area (Å²) in [4.78, 5) is 19.9. The highest BCUT2D eigenvalue weighted by Crippen LogP contribution is 2.26. The van der Waals surface area contributed by atoms with Crippen LogP contribution in [-0.2, 0) is 15.9 Å². The van der Waals surface area contributed by atoms with Crippen LogP contribution < -0.4 is 15.0 Å². The minimum Gasteiger partial charge on any atom is -0.462 e. The van der Waals surface area contributed by atoms with Crippen molar-refractivity contribution in [3.8, 4) is 6.01 Å². The van der Waals surface area contributed by atoms with Crippen LogP contribution in [0.2, 0.25) is 0 Å². The Bertz CT molecular complexity index is 1020. The lowest BCUT2D eigenvalue weighted by molar-refractivity contribution is 0.122. The second-order valence-corrected chi connectivity index (χ2v) is 7.66. The molecule has 0 radical (unpaired) electrons. The van der Waals surface area contributed by atoms with Crippen molar-refractivity contribution in [1.82, 2.24) is 14.9 Å². The average molecular weight is 439 g/mol. The number of aromatic nitrogens is 2. The van der Waals surface area contributed by atoms with E-state index >= 15 is 0 Å². The predicted octanol–water partition coefficient (Wildman–Crippen LogP) is 3.09. The maximum Gasteiger partial charge on any atom is 0.330 e. The summed E-state index contributed by atoms with van der Waals surface area (Å²) in [5.41, 5.74) is 3.77. The number of anilines is 1. The van der Waals surface area contributed by atoms with E-state index in [1.54, 1.807) is 7.11 Å². The minimum atomic E-state index is -0.243. The zero-order valence-electron chi connectivity index (χ0n) is 18.5. The van der Waals surface area contributed by atoms with Gasteiger partial charge < -0.3 is 24.4 Å². The van der Waals surface area contributed by atoms with Gasteiger partial charge in [-0.15, -0.1) is 0 Å². The fourth-order valence-corrected chi connectivity index (χ4v) is 3.79. The lowest BCUT2D eigenvalue weighted by Gasteiger charge is -2.28. The molecule has 170 valence electrons. The number of nitrogens with zero attached hydrogens (tertiary/aromatic N) is 3. The normalized spacial score (nSPS) is 14.0. The Hall–Kier alpha value is -3.10. The monoisotopic (exact) mass is 438 g/mol. The van der Waals surface area contributed by atoms with Gasteiger partial charge in [0, 0.05) is 32.4 Å². The van der Waals surface area contributed by atoms with Gasteiger partial charge in [0.25, 0.3) is 0 Å². The van der Waals surface area contributed by atoms with Crippen LogP contribution in [0.3, 0.4) is 0 Å². The summed E-state index contributed by atoms with van der Waals surface area (Å²) in [5.74, 6) is 0. The van der Waals surface area contributed by atoms with E-state index in [-0.39, 0.29) is 12.0 Å². The van der Waals surface area contributed by atoms with E-state index < -0.39 is 0 Å². The lowest BCUT2D eigenvalue weighted by atomic mass is 10.1. The Morgan fingerprint density at radius 3 is 2.72 bits per heavy atom. The third-order valence-electron chi connectivity index (χ3n) is 5.47. The molecule has 1 aliphatic heterocycles. The number of amides is 1. The molecular weight excluding hydrogens is 408 g/mol. The summed E-state index contributed by atoms with van der Waals surface area (Å²) in [7, 11) is 1.61. The van der Waals surface area contributed by atoms with Crippen LogP contribution in [0.25, 0.3) is 11.0 Å². The van der Waals surface area contributed by atoms with Gasteiger partial charge in [-0.2, -0.15) is 4.98 Å². The van der Waals surface area contributed by atoms with Gasteiger partial charge in [-0.3, -0.25) is 0 Å². The number of morpholine rings is 1. The number of ether oxygens (including phenoxy) is 3. The maximum absolute atomic E-state index is 13.0. The van der Waals surface area contributed by atoms with Crippen molar-refractivity contribution >= 4 is 22.8 Å². The first-order chi connectivity index (χ1) is 15.8. The van der Waals surface area contributed by atoms with Gasteiger partial charge in [-0.25, -0.2) is 9.36 Å². The second-order valence-electron chi connectivity index (χ2n) is 7.66. The molecule has 4 rings (SSSR count). The molecule has 0 aliphatic carbocycles. The smallest absolute Gasteiger partial charge is 0.330 e. The van der Waals surface area contributed by atoms with E-state index in [4.69, 9.17) is 14.2 Å². The summed E-state index contributed by atoms with van der Waals surface area (Å²) in [5, 5.41) is 3.00. The Labute approximate surface area is 188 Å². The first kappa shape index (κ1) is 22.1. The molecule has 1 saturated heterocycles. The molecule has 1 N–H and O–H groups in total. The fraction of sp³-hybridized carbons (Fsp3) is 0.417. The fourth-order valence-electron chi connectivity index (χ4n) is 3.79. The average Bonchev–Trinajstić information content (AvgIpc) is 3.20. The first-order valence-electron chi connectivity index (χ1n) is 11.1. The maximum atomic E-state index is 13.0. The Kier molecular flexibility index (Phi) is 7.58. The number of carbonyl (C=O) groups is 1. The zero-order valence-corrected chi connectivity index (χ0v) is 18.5. The van der Waals surface area contributed by atoms with Crippen LogP contribution in [0, 0.1) is 0 Å². The van der Waals surface area contributed by atoms with Gasteiger partial charge in [-0.05, 0) is 36.6 Å². The third kappa shape index (κ3) is 5.38. The molecule has 0 spiro atoms. The molecule has 1 amide bonds. The molecule has 1 aromatic heterocycles. The van der Waals surface area contributed by atoms with Crippen molar-refractivity contribution in [2.75, 3.05) is 58.1 Å². The second kappa shape index (κ2) is 11.0. The van der Waals surface area contributed by atoms with E-state index in [1.807, 2.05) is 36.4 Å². The quantitative estimate of drug-likeness (QED) is 0.518. The Balaban J connectivity index is 1.49. The molecule has 1 fully saturated rings. The van der Waals surface area contributed by atoms with Gasteiger partial charge in [0.2, 0.25) is 0 Å². The lowest BCUT2D eigenvalue weighted by Crippen LogP contribution is -2.36. The summed E-state index contributed by atoms with van der Waals surface area (Å²) in [6, 6.07) is 16.2. The molecule has 2 heterocycles. The highest BCUT2D eigenvalue weighted by Gasteiger charge is 2.20. The van der Waals surface area contributed by atoms with Crippen LogP contribution in [0.1, 0.15) is 12.0 Å². The predicted molar refractivity (Wildman–Crippen MR) is 124 cm³/mol. The van der Waals surface area contributed by atoms with Crippen molar-refractivity contribution in [2.24, 2.45) is 0 Å². The Morgan fingerprint density at radius 2 is 1.94 bits per heavy atom. The molecule has 0 atom stereocenters. The number of hydrogen-bond acceptors (Lipinski definition) is 6. The topological polar surface area (TPSA) is 77.9 Å². The van der Waals surface area contributed by atoms with Gasteiger partial charge in [-0.1, -0.05) is 30.3 Å². The number of benzene rings is 2. The van der Waals surface area contributed by atoms with Gasteiger partial charge in [0.1, 0.15) is 6.61 Å². The molecular formula is C24H30N4O4. The highest BCUT2D eigenvalue weighted by molar-refractivity contribution is 5.92. The number of nitrogens with one attached hydrogen (secondary N) is 1. The van der Waals surface area contributed by atoms with E-state index in [0.717, 1.165) is 42.7 Å². The van der Waals surface area contributed by atoms with Gasteiger partial charge >= 0.3 is 12.0 Å². The SMILES string of the molecule is COCCOc1nc2cc(N3CCOCC3)ccc2n1C(=O)NCCCc1ccccc1. The summed E-state index contributed by atoms with van der Waals surface area (Å²) < 4.78 is 17.8. The first-order valence-corrected chi connectivity index (χ1v) is 11.1. The highest BCUT2D eigenvalue weighted by atomic mass is 16.5. The molecule has 8 nitrogen and oxygen atoms in total. The van der Waals surface area contributed by atoms with Crippen LogP contribution in [0.15, 0.2) is 48.5 Å². The third-order valence-corrected chi connectivity index (χ3v) is 5.47. The van der Waals surface area contributed by atoms with Gasteiger partial charge in [0.15, 0.2) is 0 Å². The standard InChI is InChI=1S/C24H30N4O4/c1-30-16-17-32-24-26-21-18-20(27-12-14-31-15-13-27)9-10-22(21)28(24)23(29)25-11-5-8-19-6-3-2-4-7-19/h2-4,6-7,9-10,18H,5,8,11-17H2,1H3,(H,25,29).